The number of aromatic nitrogens is 1. The van der Waals surface area contributed by atoms with Crippen LogP contribution in [-0.4, -0.2) is 4.57 Å². The third-order valence-electron chi connectivity index (χ3n) is 9.97. The first-order valence-corrected chi connectivity index (χ1v) is 16.4. The van der Waals surface area contributed by atoms with Gasteiger partial charge in [0.05, 0.1) is 16.7 Å². The molecule has 0 radical (unpaired) electrons. The molecule has 8 aromatic rings. The number of benzene rings is 7. The Morgan fingerprint density at radius 1 is 0.468 bits per heavy atom. The molecule has 0 bridgehead atoms. The summed E-state index contributed by atoms with van der Waals surface area (Å²) in [5.74, 6) is 0. The first-order chi connectivity index (χ1) is 23.1. The largest absolute Gasteiger partial charge is 0.310 e. The van der Waals surface area contributed by atoms with Crippen LogP contribution in [0.5, 0.6) is 0 Å². The van der Waals surface area contributed by atoms with Gasteiger partial charge < -0.3 is 9.47 Å². The van der Waals surface area contributed by atoms with E-state index in [1.54, 1.807) is 0 Å². The molecule has 2 nitrogen and oxygen atoms in total. The van der Waals surface area contributed by atoms with Crippen molar-refractivity contribution in [1.29, 1.82) is 0 Å². The molecule has 0 saturated carbocycles. The standard InChI is InChI=1S/C45H34N2/c1-45(2)39-23-11-9-22-38(39)44-40(45)24-14-26-42(44)46(34-20-13-17-32(29-34)31-15-5-3-6-16-31)35-27-28-37-36-21-10-12-25-41(36)47(43(37)30-35)33-18-7-4-8-19-33/h3-30H,1-2H3. The summed E-state index contributed by atoms with van der Waals surface area (Å²) in [5, 5.41) is 2.50. The van der Waals surface area contributed by atoms with E-state index >= 15 is 0 Å². The van der Waals surface area contributed by atoms with Crippen molar-refractivity contribution in [3.63, 3.8) is 0 Å². The summed E-state index contributed by atoms with van der Waals surface area (Å²) in [5.41, 5.74) is 14.7. The fourth-order valence-electron chi connectivity index (χ4n) is 7.76. The normalized spacial score (nSPS) is 13.1. The topological polar surface area (TPSA) is 8.17 Å². The van der Waals surface area contributed by atoms with Gasteiger partial charge >= 0.3 is 0 Å². The Morgan fingerprint density at radius 2 is 1.11 bits per heavy atom. The molecule has 2 heteroatoms. The first kappa shape index (κ1) is 27.5. The number of para-hydroxylation sites is 2. The second-order valence-corrected chi connectivity index (χ2v) is 13.0. The summed E-state index contributed by atoms with van der Waals surface area (Å²) in [6.45, 7) is 4.71. The fraction of sp³-hybridized carbons (Fsp3) is 0.0667. The van der Waals surface area contributed by atoms with E-state index < -0.39 is 0 Å². The van der Waals surface area contributed by atoms with Crippen LogP contribution in [0.1, 0.15) is 25.0 Å². The molecular weight excluding hydrogens is 569 g/mol. The Bertz CT molecular complexity index is 2430. The van der Waals surface area contributed by atoms with Gasteiger partial charge in [0.25, 0.3) is 0 Å². The van der Waals surface area contributed by atoms with Crippen LogP contribution in [0.25, 0.3) is 49.7 Å². The maximum Gasteiger partial charge on any atom is 0.0561 e. The minimum atomic E-state index is -0.0941. The number of nitrogens with zero attached hydrogens (tertiary/aromatic N) is 2. The van der Waals surface area contributed by atoms with Gasteiger partial charge in [0.1, 0.15) is 0 Å². The molecule has 1 aliphatic carbocycles. The van der Waals surface area contributed by atoms with Crippen LogP contribution < -0.4 is 4.90 Å². The summed E-state index contributed by atoms with van der Waals surface area (Å²) >= 11 is 0. The minimum absolute atomic E-state index is 0.0941. The van der Waals surface area contributed by atoms with Crippen LogP contribution in [0.15, 0.2) is 170 Å². The van der Waals surface area contributed by atoms with Gasteiger partial charge in [-0.05, 0) is 76.3 Å². The quantitative estimate of drug-likeness (QED) is 0.190. The molecule has 0 amide bonds. The minimum Gasteiger partial charge on any atom is -0.310 e. The molecule has 47 heavy (non-hydrogen) atoms. The van der Waals surface area contributed by atoms with Gasteiger partial charge in [-0.25, -0.2) is 0 Å². The van der Waals surface area contributed by atoms with Crippen LogP contribution in [0.3, 0.4) is 0 Å². The Morgan fingerprint density at radius 3 is 1.96 bits per heavy atom. The Balaban J connectivity index is 1.34. The molecule has 0 saturated heterocycles. The summed E-state index contributed by atoms with van der Waals surface area (Å²) in [7, 11) is 0. The third-order valence-corrected chi connectivity index (χ3v) is 9.97. The van der Waals surface area contributed by atoms with E-state index in [0.717, 1.165) is 17.1 Å². The fourth-order valence-corrected chi connectivity index (χ4v) is 7.76. The average molecular weight is 603 g/mol. The second-order valence-electron chi connectivity index (χ2n) is 13.0. The molecule has 0 atom stereocenters. The van der Waals surface area contributed by atoms with Gasteiger partial charge in [-0.1, -0.05) is 135 Å². The molecule has 0 N–H and O–H groups in total. The highest BCUT2D eigenvalue weighted by atomic mass is 15.1. The lowest BCUT2D eigenvalue weighted by atomic mass is 9.82. The molecule has 0 unspecified atom stereocenters. The Labute approximate surface area is 275 Å². The monoisotopic (exact) mass is 602 g/mol. The predicted octanol–water partition coefficient (Wildman–Crippen LogP) is 12.2. The van der Waals surface area contributed by atoms with Crippen molar-refractivity contribution >= 4 is 38.9 Å². The van der Waals surface area contributed by atoms with Crippen molar-refractivity contribution in [3.8, 4) is 27.9 Å². The van der Waals surface area contributed by atoms with E-state index in [1.807, 2.05) is 0 Å². The van der Waals surface area contributed by atoms with Crippen LogP contribution in [0.4, 0.5) is 17.1 Å². The molecule has 1 aromatic heterocycles. The molecule has 0 spiro atoms. The van der Waals surface area contributed by atoms with Crippen molar-refractivity contribution in [1.82, 2.24) is 4.57 Å². The lowest BCUT2D eigenvalue weighted by Gasteiger charge is -2.29. The summed E-state index contributed by atoms with van der Waals surface area (Å²) in [4.78, 5) is 2.47. The maximum absolute atomic E-state index is 2.47. The van der Waals surface area contributed by atoms with E-state index in [1.165, 1.54) is 60.9 Å². The summed E-state index contributed by atoms with van der Waals surface area (Å²) in [6.07, 6.45) is 0. The smallest absolute Gasteiger partial charge is 0.0561 e. The van der Waals surface area contributed by atoms with Crippen molar-refractivity contribution in [2.75, 3.05) is 4.90 Å². The van der Waals surface area contributed by atoms with Crippen molar-refractivity contribution in [3.05, 3.63) is 181 Å². The number of fused-ring (bicyclic) bond motifs is 6. The van der Waals surface area contributed by atoms with Crippen LogP contribution >= 0.6 is 0 Å². The molecule has 224 valence electrons. The SMILES string of the molecule is CC1(C)c2ccccc2-c2c(N(c3cccc(-c4ccccc4)c3)c3ccc4c5ccccc5n(-c5ccccc5)c4c3)cccc21. The molecule has 7 aromatic carbocycles. The molecule has 9 rings (SSSR count). The van der Waals surface area contributed by atoms with Crippen LogP contribution in [-0.2, 0) is 5.41 Å². The Hall–Kier alpha value is -5.86. The highest BCUT2D eigenvalue weighted by molar-refractivity contribution is 6.10. The first-order valence-electron chi connectivity index (χ1n) is 16.4. The molecule has 1 heterocycles. The van der Waals surface area contributed by atoms with Crippen molar-refractivity contribution in [2.24, 2.45) is 0 Å². The second kappa shape index (κ2) is 10.6. The van der Waals surface area contributed by atoms with Crippen molar-refractivity contribution < 1.29 is 0 Å². The van der Waals surface area contributed by atoms with Crippen LogP contribution in [0, 0.1) is 0 Å². The highest BCUT2D eigenvalue weighted by Gasteiger charge is 2.37. The van der Waals surface area contributed by atoms with E-state index in [4.69, 9.17) is 0 Å². The molecular formula is C45H34N2. The Kier molecular flexibility index (Phi) is 6.20. The predicted molar refractivity (Wildman–Crippen MR) is 198 cm³/mol. The number of anilines is 3. The van der Waals surface area contributed by atoms with E-state index in [-0.39, 0.29) is 5.41 Å². The van der Waals surface area contributed by atoms with E-state index in [9.17, 15) is 0 Å². The zero-order chi connectivity index (χ0) is 31.5. The highest BCUT2D eigenvalue weighted by Crippen LogP contribution is 2.54. The van der Waals surface area contributed by atoms with E-state index in [0.29, 0.717) is 0 Å². The molecule has 1 aliphatic rings. The summed E-state index contributed by atoms with van der Waals surface area (Å²) in [6, 6.07) is 61.8. The zero-order valence-electron chi connectivity index (χ0n) is 26.6. The maximum atomic E-state index is 2.47. The third kappa shape index (κ3) is 4.26. The van der Waals surface area contributed by atoms with Gasteiger partial charge in [0, 0.05) is 38.8 Å². The van der Waals surface area contributed by atoms with Crippen molar-refractivity contribution in [2.45, 2.75) is 19.3 Å². The number of hydrogen-bond donors (Lipinski definition) is 0. The lowest BCUT2D eigenvalue weighted by molar-refractivity contribution is 0.660. The van der Waals surface area contributed by atoms with Gasteiger partial charge in [0.2, 0.25) is 0 Å². The molecule has 0 aliphatic heterocycles. The van der Waals surface area contributed by atoms with Crippen LogP contribution in [0.2, 0.25) is 0 Å². The van der Waals surface area contributed by atoms with Gasteiger partial charge in [-0.3, -0.25) is 0 Å². The summed E-state index contributed by atoms with van der Waals surface area (Å²) < 4.78 is 2.40. The molecule has 0 fully saturated rings. The van der Waals surface area contributed by atoms with E-state index in [2.05, 4.69) is 193 Å². The van der Waals surface area contributed by atoms with Gasteiger partial charge in [-0.2, -0.15) is 0 Å². The average Bonchev–Trinajstić information content (AvgIpc) is 3.58. The number of rotatable bonds is 5. The zero-order valence-corrected chi connectivity index (χ0v) is 26.6. The lowest BCUT2D eigenvalue weighted by Crippen LogP contribution is -2.16. The number of hydrogen-bond acceptors (Lipinski definition) is 1. The van der Waals surface area contributed by atoms with Gasteiger partial charge in [0.15, 0.2) is 0 Å². The van der Waals surface area contributed by atoms with Gasteiger partial charge in [-0.15, -0.1) is 0 Å².